The quantitative estimate of drug-likeness (QED) is 0.737. The van der Waals surface area contributed by atoms with E-state index in [-0.39, 0.29) is 5.92 Å². The van der Waals surface area contributed by atoms with E-state index in [2.05, 4.69) is 52.6 Å². The van der Waals surface area contributed by atoms with Gasteiger partial charge in [-0.05, 0) is 49.1 Å². The summed E-state index contributed by atoms with van der Waals surface area (Å²) < 4.78 is 0. The van der Waals surface area contributed by atoms with Crippen LogP contribution in [0.4, 0.5) is 11.6 Å². The first-order valence-corrected chi connectivity index (χ1v) is 8.97. The zero-order valence-corrected chi connectivity index (χ0v) is 14.9. The number of hydrogen-bond acceptors (Lipinski definition) is 3. The Labute approximate surface area is 149 Å². The summed E-state index contributed by atoms with van der Waals surface area (Å²) >= 11 is 0. The Morgan fingerprint density at radius 1 is 1.24 bits per heavy atom. The van der Waals surface area contributed by atoms with Crippen molar-refractivity contribution in [3.05, 3.63) is 53.4 Å². The molecule has 0 radical (unpaired) electrons. The topological polar surface area (TPSA) is 57.8 Å². The van der Waals surface area contributed by atoms with Crippen LogP contribution in [0.5, 0.6) is 0 Å². The number of ketones is 1. The van der Waals surface area contributed by atoms with Crippen molar-refractivity contribution in [3.8, 4) is 0 Å². The number of hydrogen-bond donors (Lipinski definition) is 2. The predicted molar refractivity (Wildman–Crippen MR) is 104 cm³/mol. The Morgan fingerprint density at radius 3 is 2.76 bits per heavy atom. The third-order valence-corrected chi connectivity index (χ3v) is 4.63. The van der Waals surface area contributed by atoms with E-state index >= 15 is 0 Å². The normalized spacial score (nSPS) is 14.0. The fourth-order valence-corrected chi connectivity index (χ4v) is 2.79. The predicted octanol–water partition coefficient (Wildman–Crippen LogP) is 5.13. The summed E-state index contributed by atoms with van der Waals surface area (Å²) in [6.45, 7) is 4.06. The third-order valence-electron chi connectivity index (χ3n) is 4.63. The van der Waals surface area contributed by atoms with Gasteiger partial charge < -0.3 is 10.3 Å². The summed E-state index contributed by atoms with van der Waals surface area (Å²) in [5, 5.41) is 3.30. The second-order valence-electron chi connectivity index (χ2n) is 6.52. The molecule has 1 aliphatic rings. The van der Waals surface area contributed by atoms with Gasteiger partial charge in [0.05, 0.1) is 11.4 Å². The number of imidazole rings is 1. The highest BCUT2D eigenvalue weighted by atomic mass is 16.1. The van der Waals surface area contributed by atoms with E-state index < -0.39 is 0 Å². The van der Waals surface area contributed by atoms with Gasteiger partial charge in [0.2, 0.25) is 5.95 Å². The van der Waals surface area contributed by atoms with E-state index in [0.717, 1.165) is 42.3 Å². The maximum Gasteiger partial charge on any atom is 0.205 e. The zero-order valence-electron chi connectivity index (χ0n) is 14.9. The molecule has 0 saturated carbocycles. The van der Waals surface area contributed by atoms with Gasteiger partial charge in [-0.1, -0.05) is 38.1 Å². The van der Waals surface area contributed by atoms with Crippen molar-refractivity contribution in [2.24, 2.45) is 5.92 Å². The highest BCUT2D eigenvalue weighted by Crippen LogP contribution is 2.21. The number of fused-ring (bicyclic) bond motifs is 1. The highest BCUT2D eigenvalue weighted by Gasteiger charge is 2.10. The molecular weight excluding hydrogens is 310 g/mol. The summed E-state index contributed by atoms with van der Waals surface area (Å²) in [5.74, 6) is 1.25. The van der Waals surface area contributed by atoms with Crippen LogP contribution < -0.4 is 5.32 Å². The molecule has 0 amide bonds. The molecule has 25 heavy (non-hydrogen) atoms. The van der Waals surface area contributed by atoms with Gasteiger partial charge >= 0.3 is 0 Å². The number of allylic oxidation sites excluding steroid dienone is 2. The van der Waals surface area contributed by atoms with Gasteiger partial charge in [-0.2, -0.15) is 0 Å². The van der Waals surface area contributed by atoms with Crippen LogP contribution in [0.1, 0.15) is 50.1 Å². The molecule has 1 unspecified atom stereocenters. The highest BCUT2D eigenvalue weighted by molar-refractivity contribution is 5.80. The molecule has 0 aliphatic heterocycles. The number of aryl methyl sites for hydroxylation is 1. The van der Waals surface area contributed by atoms with Crippen molar-refractivity contribution in [1.29, 1.82) is 0 Å². The van der Waals surface area contributed by atoms with Gasteiger partial charge in [0.15, 0.2) is 0 Å². The number of H-pyrrole nitrogens is 1. The molecule has 0 fully saturated rings. The Bertz CT molecular complexity index is 754. The van der Waals surface area contributed by atoms with Crippen LogP contribution in [0, 0.1) is 5.92 Å². The van der Waals surface area contributed by atoms with Crippen LogP contribution in [-0.4, -0.2) is 15.8 Å². The van der Waals surface area contributed by atoms with Crippen LogP contribution in [0.25, 0.3) is 12.2 Å². The lowest BCUT2D eigenvalue weighted by Gasteiger charge is -2.08. The Balaban J connectivity index is 1.60. The van der Waals surface area contributed by atoms with Crippen molar-refractivity contribution < 1.29 is 4.79 Å². The van der Waals surface area contributed by atoms with Gasteiger partial charge in [0.25, 0.3) is 0 Å². The van der Waals surface area contributed by atoms with Crippen molar-refractivity contribution >= 4 is 29.6 Å². The lowest BCUT2D eigenvalue weighted by molar-refractivity contribution is -0.122. The first-order chi connectivity index (χ1) is 12.2. The van der Waals surface area contributed by atoms with Crippen LogP contribution in [0.3, 0.4) is 0 Å². The molecule has 130 valence electrons. The summed E-state index contributed by atoms with van der Waals surface area (Å²) in [5.41, 5.74) is 4.14. The maximum absolute atomic E-state index is 11.9. The third kappa shape index (κ3) is 4.47. The van der Waals surface area contributed by atoms with Crippen LogP contribution in [0.2, 0.25) is 0 Å². The summed E-state index contributed by atoms with van der Waals surface area (Å²) in [6.07, 6.45) is 11.6. The molecule has 1 aromatic heterocycles. The molecule has 0 bridgehead atoms. The fraction of sp³-hybridized carbons (Fsp3) is 0.333. The number of benzene rings is 1. The van der Waals surface area contributed by atoms with E-state index in [1.165, 1.54) is 5.56 Å². The van der Waals surface area contributed by atoms with Gasteiger partial charge in [0.1, 0.15) is 5.78 Å². The first kappa shape index (κ1) is 17.2. The van der Waals surface area contributed by atoms with Crippen molar-refractivity contribution in [2.45, 2.75) is 39.5 Å². The van der Waals surface area contributed by atoms with E-state index in [4.69, 9.17) is 0 Å². The summed E-state index contributed by atoms with van der Waals surface area (Å²) in [7, 11) is 0. The average Bonchev–Trinajstić information content (AvgIpc) is 2.88. The average molecular weight is 335 g/mol. The number of aromatic amines is 1. The molecule has 4 heteroatoms. The SMILES string of the molecule is CCC(C)C(=O)CCc1ccc(Nc2nc3c([nH]2)C=CCC=C3)cc1. The molecule has 2 N–H and O–H groups in total. The number of carbonyl (C=O) groups is 1. The fourth-order valence-electron chi connectivity index (χ4n) is 2.79. The minimum Gasteiger partial charge on any atom is -0.326 e. The molecule has 0 saturated heterocycles. The number of anilines is 2. The van der Waals surface area contributed by atoms with E-state index in [0.29, 0.717) is 12.2 Å². The van der Waals surface area contributed by atoms with Crippen molar-refractivity contribution in [1.82, 2.24) is 9.97 Å². The second kappa shape index (κ2) is 7.97. The Kier molecular flexibility index (Phi) is 5.49. The Morgan fingerprint density at radius 2 is 2.00 bits per heavy atom. The molecule has 1 heterocycles. The van der Waals surface area contributed by atoms with Gasteiger partial charge in [-0.15, -0.1) is 0 Å². The number of Topliss-reactive ketones (excluding diaryl/α,β-unsaturated/α-hetero) is 1. The lowest BCUT2D eigenvalue weighted by atomic mass is 9.97. The largest absolute Gasteiger partial charge is 0.326 e. The van der Waals surface area contributed by atoms with E-state index in [1.54, 1.807) is 0 Å². The summed E-state index contributed by atoms with van der Waals surface area (Å²) in [4.78, 5) is 19.8. The van der Waals surface area contributed by atoms with Crippen molar-refractivity contribution in [3.63, 3.8) is 0 Å². The lowest BCUT2D eigenvalue weighted by Crippen LogP contribution is -2.10. The standard InChI is InChI=1S/C21H25N3O/c1-3-15(2)20(25)14-11-16-9-12-17(13-10-16)22-21-23-18-7-5-4-6-8-19(18)24-21/h5-10,12-13,15H,3-4,11,14H2,1-2H3,(H2,22,23,24). The van der Waals surface area contributed by atoms with Crippen LogP contribution in [-0.2, 0) is 11.2 Å². The second-order valence-corrected chi connectivity index (χ2v) is 6.52. The molecule has 0 spiro atoms. The minimum absolute atomic E-state index is 0.165. The molecule has 2 aromatic rings. The molecule has 1 atom stereocenters. The van der Waals surface area contributed by atoms with Crippen LogP contribution >= 0.6 is 0 Å². The number of aromatic nitrogens is 2. The zero-order chi connectivity index (χ0) is 17.6. The molecule has 4 nitrogen and oxygen atoms in total. The minimum atomic E-state index is 0.165. The summed E-state index contributed by atoms with van der Waals surface area (Å²) in [6, 6.07) is 8.20. The number of nitrogens with zero attached hydrogens (tertiary/aromatic N) is 1. The molecule has 3 rings (SSSR count). The first-order valence-electron chi connectivity index (χ1n) is 8.97. The van der Waals surface area contributed by atoms with Crippen molar-refractivity contribution in [2.75, 3.05) is 5.32 Å². The molecule has 1 aliphatic carbocycles. The van der Waals surface area contributed by atoms with Gasteiger partial charge in [0, 0.05) is 18.0 Å². The number of carbonyl (C=O) groups excluding carboxylic acids is 1. The Hall–Kier alpha value is -2.62. The molecule has 1 aromatic carbocycles. The number of nitrogens with one attached hydrogen (secondary N) is 2. The van der Waals surface area contributed by atoms with Crippen LogP contribution in [0.15, 0.2) is 36.4 Å². The molecular formula is C21H25N3O. The van der Waals surface area contributed by atoms with Gasteiger partial charge in [-0.3, -0.25) is 4.79 Å². The number of rotatable bonds is 7. The van der Waals surface area contributed by atoms with E-state index in [1.807, 2.05) is 25.1 Å². The van der Waals surface area contributed by atoms with E-state index in [9.17, 15) is 4.79 Å². The smallest absolute Gasteiger partial charge is 0.205 e. The monoisotopic (exact) mass is 335 g/mol. The van der Waals surface area contributed by atoms with Gasteiger partial charge in [-0.25, -0.2) is 4.98 Å². The maximum atomic E-state index is 11.9.